The summed E-state index contributed by atoms with van der Waals surface area (Å²) in [6, 6.07) is 23.1. The number of rotatable bonds is 5. The summed E-state index contributed by atoms with van der Waals surface area (Å²) < 4.78 is 7.21. The molecule has 1 heterocycles. The molecule has 4 rings (SSSR count). The minimum Gasteiger partial charge on any atom is -0.497 e. The molecule has 0 aliphatic heterocycles. The number of aromatic nitrogens is 2. The van der Waals surface area contributed by atoms with Gasteiger partial charge >= 0.3 is 0 Å². The second-order valence-electron chi connectivity index (χ2n) is 6.18. The number of fused-ring (bicyclic) bond motifs is 1. The van der Waals surface area contributed by atoms with Crippen LogP contribution in [-0.2, 0) is 6.54 Å². The molecule has 134 valence electrons. The van der Waals surface area contributed by atoms with E-state index in [4.69, 9.17) is 4.74 Å². The summed E-state index contributed by atoms with van der Waals surface area (Å²) in [5.74, 6) is 0.665. The van der Waals surface area contributed by atoms with Crippen LogP contribution in [0.3, 0.4) is 0 Å². The highest BCUT2D eigenvalue weighted by Gasteiger charge is 2.08. The van der Waals surface area contributed by atoms with Gasteiger partial charge in [0.05, 0.1) is 18.1 Å². The van der Waals surface area contributed by atoms with Crippen LogP contribution in [0.5, 0.6) is 5.75 Å². The number of benzene rings is 3. The normalized spacial score (nSPS) is 10.7. The maximum Gasteiger partial charge on any atom is 0.251 e. The third-order valence-electron chi connectivity index (χ3n) is 4.45. The van der Waals surface area contributed by atoms with E-state index in [1.165, 1.54) is 0 Å². The van der Waals surface area contributed by atoms with E-state index in [1.54, 1.807) is 13.4 Å². The second kappa shape index (κ2) is 7.33. The van der Waals surface area contributed by atoms with Gasteiger partial charge in [0, 0.05) is 17.8 Å². The van der Waals surface area contributed by atoms with Crippen LogP contribution in [0.25, 0.3) is 16.7 Å². The summed E-state index contributed by atoms with van der Waals surface area (Å²) in [5, 5.41) is 2.94. The quantitative estimate of drug-likeness (QED) is 0.588. The van der Waals surface area contributed by atoms with E-state index < -0.39 is 0 Å². The van der Waals surface area contributed by atoms with Crippen LogP contribution in [-0.4, -0.2) is 22.6 Å². The number of carbonyl (C=O) groups is 1. The molecule has 5 heteroatoms. The molecule has 0 fully saturated rings. The Labute approximate surface area is 157 Å². The summed E-state index contributed by atoms with van der Waals surface area (Å²) in [6.45, 7) is 0.448. The molecule has 3 aromatic carbocycles. The molecule has 0 radical (unpaired) electrons. The summed E-state index contributed by atoms with van der Waals surface area (Å²) >= 11 is 0. The maximum atomic E-state index is 12.4. The molecule has 0 aliphatic rings. The molecule has 1 aromatic heterocycles. The van der Waals surface area contributed by atoms with Crippen LogP contribution in [0.15, 0.2) is 79.1 Å². The Morgan fingerprint density at radius 1 is 1.04 bits per heavy atom. The molecule has 0 bridgehead atoms. The van der Waals surface area contributed by atoms with E-state index in [0.29, 0.717) is 12.1 Å². The number of ether oxygens (including phenoxy) is 1. The molecule has 5 nitrogen and oxygen atoms in total. The lowest BCUT2D eigenvalue weighted by Gasteiger charge is -2.08. The van der Waals surface area contributed by atoms with Crippen molar-refractivity contribution in [3.8, 4) is 11.4 Å². The number of amides is 1. The molecule has 1 N–H and O–H groups in total. The molecule has 0 saturated heterocycles. The third-order valence-corrected chi connectivity index (χ3v) is 4.45. The van der Waals surface area contributed by atoms with Gasteiger partial charge < -0.3 is 10.1 Å². The number of methoxy groups -OCH3 is 1. The Bertz CT molecular complexity index is 1080. The first-order valence-corrected chi connectivity index (χ1v) is 8.68. The van der Waals surface area contributed by atoms with E-state index in [0.717, 1.165) is 28.0 Å². The summed E-state index contributed by atoms with van der Waals surface area (Å²) in [5.41, 5.74) is 4.55. The predicted octanol–water partition coefficient (Wildman–Crippen LogP) is 3.96. The highest BCUT2D eigenvalue weighted by atomic mass is 16.5. The predicted molar refractivity (Wildman–Crippen MR) is 105 cm³/mol. The van der Waals surface area contributed by atoms with Gasteiger partial charge in [-0.25, -0.2) is 4.98 Å². The monoisotopic (exact) mass is 357 g/mol. The topological polar surface area (TPSA) is 56.1 Å². The Hall–Kier alpha value is -3.60. The van der Waals surface area contributed by atoms with Gasteiger partial charge in [-0.2, -0.15) is 0 Å². The van der Waals surface area contributed by atoms with Crippen LogP contribution in [0.2, 0.25) is 0 Å². The lowest BCUT2D eigenvalue weighted by atomic mass is 10.1. The molecule has 0 saturated carbocycles. The Morgan fingerprint density at radius 2 is 1.85 bits per heavy atom. The van der Waals surface area contributed by atoms with Gasteiger partial charge in [0.15, 0.2) is 0 Å². The SMILES string of the molecule is COc1cccc(CNC(=O)c2ccc(-n3cnc4ccccc43)cc2)c1. The van der Waals surface area contributed by atoms with Crippen molar-refractivity contribution in [1.29, 1.82) is 0 Å². The van der Waals surface area contributed by atoms with Crippen LogP contribution in [0.4, 0.5) is 0 Å². The van der Waals surface area contributed by atoms with Gasteiger partial charge in [-0.1, -0.05) is 24.3 Å². The first-order chi connectivity index (χ1) is 13.2. The van der Waals surface area contributed by atoms with Crippen molar-refractivity contribution in [3.05, 3.63) is 90.3 Å². The number of nitrogens with one attached hydrogen (secondary N) is 1. The molecular formula is C22H19N3O2. The highest BCUT2D eigenvalue weighted by Crippen LogP contribution is 2.18. The molecule has 0 aliphatic carbocycles. The van der Waals surface area contributed by atoms with Crippen molar-refractivity contribution in [3.63, 3.8) is 0 Å². The van der Waals surface area contributed by atoms with E-state index in [1.807, 2.05) is 77.4 Å². The van der Waals surface area contributed by atoms with Crippen LogP contribution in [0, 0.1) is 0 Å². The number of carbonyl (C=O) groups excluding carboxylic acids is 1. The van der Waals surface area contributed by atoms with Gasteiger partial charge in [0.1, 0.15) is 12.1 Å². The summed E-state index contributed by atoms with van der Waals surface area (Å²) in [4.78, 5) is 16.8. The summed E-state index contributed by atoms with van der Waals surface area (Å²) in [6.07, 6.45) is 1.79. The maximum absolute atomic E-state index is 12.4. The molecule has 1 amide bonds. The zero-order valence-electron chi connectivity index (χ0n) is 14.9. The van der Waals surface area contributed by atoms with Gasteiger partial charge in [-0.05, 0) is 54.1 Å². The van der Waals surface area contributed by atoms with Crippen LogP contribution >= 0.6 is 0 Å². The smallest absolute Gasteiger partial charge is 0.251 e. The molecular weight excluding hydrogens is 338 g/mol. The number of hydrogen-bond acceptors (Lipinski definition) is 3. The molecule has 0 unspecified atom stereocenters. The molecule has 0 atom stereocenters. The average Bonchev–Trinajstić information content (AvgIpc) is 3.16. The van der Waals surface area contributed by atoms with Crippen molar-refractivity contribution in [2.45, 2.75) is 6.54 Å². The van der Waals surface area contributed by atoms with Crippen molar-refractivity contribution in [1.82, 2.24) is 14.9 Å². The number of nitrogens with zero attached hydrogens (tertiary/aromatic N) is 2. The highest BCUT2D eigenvalue weighted by molar-refractivity contribution is 5.94. The number of hydrogen-bond donors (Lipinski definition) is 1. The first kappa shape index (κ1) is 16.8. The Kier molecular flexibility index (Phi) is 4.58. The van der Waals surface area contributed by atoms with E-state index in [-0.39, 0.29) is 5.91 Å². The fourth-order valence-electron chi connectivity index (χ4n) is 3.01. The molecule has 27 heavy (non-hydrogen) atoms. The van der Waals surface area contributed by atoms with E-state index in [9.17, 15) is 4.79 Å². The van der Waals surface area contributed by atoms with Gasteiger partial charge in [-0.15, -0.1) is 0 Å². The number of imidazole rings is 1. The molecule has 0 spiro atoms. The largest absolute Gasteiger partial charge is 0.497 e. The van der Waals surface area contributed by atoms with Crippen molar-refractivity contribution in [2.75, 3.05) is 7.11 Å². The minimum atomic E-state index is -0.111. The van der Waals surface area contributed by atoms with Crippen molar-refractivity contribution < 1.29 is 9.53 Å². The van der Waals surface area contributed by atoms with Gasteiger partial charge in [0.25, 0.3) is 5.91 Å². The Balaban J connectivity index is 1.47. The number of para-hydroxylation sites is 2. The second-order valence-corrected chi connectivity index (χ2v) is 6.18. The van der Waals surface area contributed by atoms with E-state index in [2.05, 4.69) is 10.3 Å². The van der Waals surface area contributed by atoms with Gasteiger partial charge in [-0.3, -0.25) is 9.36 Å². The van der Waals surface area contributed by atoms with E-state index >= 15 is 0 Å². The third kappa shape index (κ3) is 3.53. The zero-order chi connectivity index (χ0) is 18.6. The summed E-state index contributed by atoms with van der Waals surface area (Å²) in [7, 11) is 1.63. The van der Waals surface area contributed by atoms with Crippen molar-refractivity contribution in [2.24, 2.45) is 0 Å². The zero-order valence-corrected chi connectivity index (χ0v) is 14.9. The minimum absolute atomic E-state index is 0.111. The standard InChI is InChI=1S/C22H19N3O2/c1-27-19-6-4-5-16(13-19)14-23-22(26)17-9-11-18(12-10-17)25-15-24-20-7-2-3-8-21(20)25/h2-13,15H,14H2,1H3,(H,23,26). The fourth-order valence-corrected chi connectivity index (χ4v) is 3.01. The molecule has 4 aromatic rings. The van der Waals surface area contributed by atoms with Gasteiger partial charge in [0.2, 0.25) is 0 Å². The lowest BCUT2D eigenvalue weighted by molar-refractivity contribution is 0.0951. The Morgan fingerprint density at radius 3 is 2.67 bits per heavy atom. The van der Waals surface area contributed by atoms with Crippen LogP contribution in [0.1, 0.15) is 15.9 Å². The fraction of sp³-hybridized carbons (Fsp3) is 0.0909. The van der Waals surface area contributed by atoms with Crippen LogP contribution < -0.4 is 10.1 Å². The van der Waals surface area contributed by atoms with Crippen molar-refractivity contribution >= 4 is 16.9 Å². The average molecular weight is 357 g/mol. The first-order valence-electron chi connectivity index (χ1n) is 8.68. The lowest BCUT2D eigenvalue weighted by Crippen LogP contribution is -2.22.